The lowest BCUT2D eigenvalue weighted by Gasteiger charge is -2.13. The summed E-state index contributed by atoms with van der Waals surface area (Å²) in [5.74, 6) is 4.61. The maximum atomic E-state index is 5.18. The molecule has 2 nitrogen and oxygen atoms in total. The fourth-order valence-electron chi connectivity index (χ4n) is 1.59. The zero-order chi connectivity index (χ0) is 12.5. The first-order valence-electron chi connectivity index (χ1n) is 5.59. The van der Waals surface area contributed by atoms with Crippen LogP contribution in [-0.4, -0.2) is 14.2 Å². The molecule has 0 aromatic heterocycles. The van der Waals surface area contributed by atoms with Gasteiger partial charge in [-0.3, -0.25) is 0 Å². The van der Waals surface area contributed by atoms with Gasteiger partial charge in [-0.15, -0.1) is 6.42 Å². The third kappa shape index (κ3) is 4.65. The molecule has 0 spiro atoms. The van der Waals surface area contributed by atoms with Crippen LogP contribution in [0, 0.1) is 18.3 Å². The average Bonchev–Trinajstić information content (AvgIpc) is 2.38. The third-order valence-corrected chi connectivity index (χ3v) is 2.57. The fraction of sp³-hybridized carbons (Fsp3) is 0.333. The van der Waals surface area contributed by atoms with Crippen molar-refractivity contribution in [1.82, 2.24) is 0 Å². The molecule has 90 valence electrons. The van der Waals surface area contributed by atoms with Crippen LogP contribution in [-0.2, 0) is 9.47 Å². The molecule has 0 saturated carbocycles. The number of rotatable bonds is 5. The molecular formula is C15H18O2. The van der Waals surface area contributed by atoms with Crippen molar-refractivity contribution < 1.29 is 9.47 Å². The topological polar surface area (TPSA) is 18.5 Å². The summed E-state index contributed by atoms with van der Waals surface area (Å²) in [6.45, 7) is 0. The predicted molar refractivity (Wildman–Crippen MR) is 70.0 cm³/mol. The number of methoxy groups -OCH3 is 2. The predicted octanol–water partition coefficient (Wildman–Crippen LogP) is 3.20. The summed E-state index contributed by atoms with van der Waals surface area (Å²) in [7, 11) is 3.30. The highest BCUT2D eigenvalue weighted by molar-refractivity contribution is 5.23. The van der Waals surface area contributed by atoms with Crippen LogP contribution in [0.3, 0.4) is 0 Å². The van der Waals surface area contributed by atoms with E-state index in [2.05, 4.69) is 24.1 Å². The molecule has 1 unspecified atom stereocenters. The van der Waals surface area contributed by atoms with Crippen molar-refractivity contribution in [1.29, 1.82) is 0 Å². The Morgan fingerprint density at radius 3 is 2.94 bits per heavy atom. The highest BCUT2D eigenvalue weighted by atomic mass is 16.5. The number of hydrogen-bond acceptors (Lipinski definition) is 2. The molecule has 0 aliphatic heterocycles. The van der Waals surface area contributed by atoms with Crippen LogP contribution in [0.15, 0.2) is 48.0 Å². The molecule has 0 heterocycles. The maximum Gasteiger partial charge on any atom is 0.126 e. The number of ether oxygens (including phenoxy) is 2. The van der Waals surface area contributed by atoms with Gasteiger partial charge in [0.1, 0.15) is 11.5 Å². The van der Waals surface area contributed by atoms with E-state index in [0.29, 0.717) is 11.7 Å². The Balaban J connectivity index is 2.41. The van der Waals surface area contributed by atoms with Gasteiger partial charge in [0.05, 0.1) is 14.2 Å². The Hall–Kier alpha value is -1.88. The van der Waals surface area contributed by atoms with E-state index in [0.717, 1.165) is 18.6 Å². The van der Waals surface area contributed by atoms with Crippen LogP contribution < -0.4 is 0 Å². The average molecular weight is 230 g/mol. The van der Waals surface area contributed by atoms with E-state index in [1.807, 2.05) is 12.2 Å². The Bertz CT molecular complexity index is 392. The lowest BCUT2D eigenvalue weighted by Crippen LogP contribution is -1.99. The van der Waals surface area contributed by atoms with Gasteiger partial charge >= 0.3 is 0 Å². The van der Waals surface area contributed by atoms with Gasteiger partial charge in [0.2, 0.25) is 0 Å². The van der Waals surface area contributed by atoms with Crippen molar-refractivity contribution in [2.24, 2.45) is 5.92 Å². The second-order valence-corrected chi connectivity index (χ2v) is 3.72. The highest BCUT2D eigenvalue weighted by Gasteiger charge is 2.06. The molecule has 0 radical (unpaired) electrons. The van der Waals surface area contributed by atoms with Crippen LogP contribution in [0.5, 0.6) is 0 Å². The Kier molecular flexibility index (Phi) is 5.74. The molecule has 0 aromatic carbocycles. The largest absolute Gasteiger partial charge is 0.497 e. The summed E-state index contributed by atoms with van der Waals surface area (Å²) >= 11 is 0. The summed E-state index contributed by atoms with van der Waals surface area (Å²) in [4.78, 5) is 0. The van der Waals surface area contributed by atoms with Crippen LogP contribution in [0.25, 0.3) is 0 Å². The second-order valence-electron chi connectivity index (χ2n) is 3.72. The lowest BCUT2D eigenvalue weighted by atomic mass is 9.96. The summed E-state index contributed by atoms with van der Waals surface area (Å²) in [6, 6.07) is 0. The third-order valence-electron chi connectivity index (χ3n) is 2.57. The zero-order valence-corrected chi connectivity index (χ0v) is 10.3. The molecule has 1 aliphatic rings. The number of allylic oxidation sites excluding steroid dienone is 6. The first kappa shape index (κ1) is 13.2. The molecule has 0 bridgehead atoms. The van der Waals surface area contributed by atoms with Crippen LogP contribution in [0.4, 0.5) is 0 Å². The molecule has 1 atom stereocenters. The molecule has 1 aliphatic carbocycles. The first-order valence-corrected chi connectivity index (χ1v) is 5.59. The molecule has 0 N–H and O–H groups in total. The second kappa shape index (κ2) is 7.40. The Labute approximate surface area is 103 Å². The van der Waals surface area contributed by atoms with Gasteiger partial charge in [-0.05, 0) is 37.0 Å². The minimum absolute atomic E-state index is 0.522. The molecule has 0 aromatic rings. The molecule has 2 heteroatoms. The van der Waals surface area contributed by atoms with Gasteiger partial charge in [-0.2, -0.15) is 0 Å². The zero-order valence-electron chi connectivity index (χ0n) is 10.3. The minimum atomic E-state index is 0.522. The van der Waals surface area contributed by atoms with E-state index in [1.165, 1.54) is 0 Å². The van der Waals surface area contributed by atoms with E-state index < -0.39 is 0 Å². The highest BCUT2D eigenvalue weighted by Crippen LogP contribution is 2.20. The van der Waals surface area contributed by atoms with E-state index >= 15 is 0 Å². The summed E-state index contributed by atoms with van der Waals surface area (Å²) < 4.78 is 10.2. The fourth-order valence-corrected chi connectivity index (χ4v) is 1.59. The molecular weight excluding hydrogens is 212 g/mol. The van der Waals surface area contributed by atoms with Gasteiger partial charge < -0.3 is 9.47 Å². The molecule has 17 heavy (non-hydrogen) atoms. The normalized spacial score (nSPS) is 19.9. The first-order chi connectivity index (χ1) is 8.30. The molecule has 0 amide bonds. The van der Waals surface area contributed by atoms with Gasteiger partial charge in [0.25, 0.3) is 0 Å². The van der Waals surface area contributed by atoms with Crippen molar-refractivity contribution in [3.8, 4) is 12.3 Å². The monoisotopic (exact) mass is 230 g/mol. The number of terminal acetylenes is 1. The molecule has 0 saturated heterocycles. The van der Waals surface area contributed by atoms with Gasteiger partial charge in [0.15, 0.2) is 0 Å². The minimum Gasteiger partial charge on any atom is -0.497 e. The lowest BCUT2D eigenvalue weighted by molar-refractivity contribution is 0.301. The smallest absolute Gasteiger partial charge is 0.126 e. The summed E-state index contributed by atoms with van der Waals surface area (Å²) in [5.41, 5.74) is 0. The standard InChI is InChI=1S/C15H18O2/c1-4-6-14(16-2)8-5-7-13-9-11-15(17-3)12-10-13/h1,5-6,8-9,11-13H,7,10H2,2-3H3/b8-5-,14-6+. The van der Waals surface area contributed by atoms with Crippen LogP contribution in [0.1, 0.15) is 12.8 Å². The van der Waals surface area contributed by atoms with Crippen molar-refractivity contribution in [3.63, 3.8) is 0 Å². The SMILES string of the molecule is C#C/C=C(\C=C/CC1C=CC(OC)=CC1)OC. The van der Waals surface area contributed by atoms with E-state index in [4.69, 9.17) is 15.9 Å². The molecule has 0 fully saturated rings. The Morgan fingerprint density at radius 2 is 2.41 bits per heavy atom. The van der Waals surface area contributed by atoms with E-state index in [1.54, 1.807) is 20.3 Å². The summed E-state index contributed by atoms with van der Waals surface area (Å²) in [5, 5.41) is 0. The maximum absolute atomic E-state index is 5.18. The molecule has 1 rings (SSSR count). The Morgan fingerprint density at radius 1 is 1.59 bits per heavy atom. The van der Waals surface area contributed by atoms with Crippen molar-refractivity contribution in [3.05, 3.63) is 48.0 Å². The number of hydrogen-bond donors (Lipinski definition) is 0. The van der Waals surface area contributed by atoms with Gasteiger partial charge in [-0.1, -0.05) is 18.1 Å². The van der Waals surface area contributed by atoms with E-state index in [9.17, 15) is 0 Å². The van der Waals surface area contributed by atoms with Gasteiger partial charge in [0, 0.05) is 6.08 Å². The summed E-state index contributed by atoms with van der Waals surface area (Å²) in [6.07, 6.45) is 19.0. The van der Waals surface area contributed by atoms with Crippen molar-refractivity contribution >= 4 is 0 Å². The van der Waals surface area contributed by atoms with E-state index in [-0.39, 0.29) is 0 Å². The quantitative estimate of drug-likeness (QED) is 0.410. The van der Waals surface area contributed by atoms with Crippen molar-refractivity contribution in [2.45, 2.75) is 12.8 Å². The van der Waals surface area contributed by atoms with Crippen LogP contribution in [0.2, 0.25) is 0 Å². The van der Waals surface area contributed by atoms with Gasteiger partial charge in [-0.25, -0.2) is 0 Å². The van der Waals surface area contributed by atoms with Crippen LogP contribution >= 0.6 is 0 Å². The van der Waals surface area contributed by atoms with Crippen molar-refractivity contribution in [2.75, 3.05) is 14.2 Å².